The Hall–Kier alpha value is -3.22. The van der Waals surface area contributed by atoms with Crippen molar-refractivity contribution in [3.05, 3.63) is 101 Å². The minimum absolute atomic E-state index is 0.119. The van der Waals surface area contributed by atoms with E-state index in [0.717, 1.165) is 33.8 Å². The molecule has 1 fully saturated rings. The fraction of sp³-hybridized carbons (Fsp3) is 0.154. The van der Waals surface area contributed by atoms with Crippen molar-refractivity contribution in [1.82, 2.24) is 14.7 Å². The molecule has 0 spiro atoms. The number of benzene rings is 3. The summed E-state index contributed by atoms with van der Waals surface area (Å²) in [6.07, 6.45) is 2.04. The van der Waals surface area contributed by atoms with Gasteiger partial charge >= 0.3 is 0 Å². The number of carbonyl (C=O) groups excluding carboxylic acids is 1. The van der Waals surface area contributed by atoms with Gasteiger partial charge in [-0.3, -0.25) is 4.79 Å². The number of halogens is 1. The zero-order chi connectivity index (χ0) is 22.8. The summed E-state index contributed by atoms with van der Waals surface area (Å²) in [5, 5.41) is 5.48. The predicted molar refractivity (Wildman–Crippen MR) is 133 cm³/mol. The van der Waals surface area contributed by atoms with Crippen LogP contribution in [0.25, 0.3) is 16.9 Å². The molecule has 0 bridgehead atoms. The van der Waals surface area contributed by atoms with Gasteiger partial charge in [-0.2, -0.15) is 5.10 Å². The molecule has 0 saturated carbocycles. The molecule has 1 aliphatic heterocycles. The van der Waals surface area contributed by atoms with Crippen LogP contribution in [0.5, 0.6) is 5.75 Å². The van der Waals surface area contributed by atoms with Gasteiger partial charge in [0.25, 0.3) is 0 Å². The van der Waals surface area contributed by atoms with Crippen molar-refractivity contribution in [2.45, 2.75) is 11.9 Å². The summed E-state index contributed by atoms with van der Waals surface area (Å²) < 4.78 is 7.21. The van der Waals surface area contributed by atoms with Crippen molar-refractivity contribution in [2.24, 2.45) is 0 Å². The van der Waals surface area contributed by atoms with Gasteiger partial charge in [-0.1, -0.05) is 41.9 Å². The molecule has 5 nitrogen and oxygen atoms in total. The second-order valence-corrected chi connectivity index (χ2v) is 9.26. The van der Waals surface area contributed by atoms with Crippen LogP contribution in [-0.2, 0) is 11.3 Å². The van der Waals surface area contributed by atoms with Crippen molar-refractivity contribution in [1.29, 1.82) is 0 Å². The van der Waals surface area contributed by atoms with Crippen molar-refractivity contribution < 1.29 is 9.53 Å². The van der Waals surface area contributed by atoms with Gasteiger partial charge in [-0.05, 0) is 54.1 Å². The molecule has 0 unspecified atom stereocenters. The number of methoxy groups -OCH3 is 1. The number of hydrogen-bond acceptors (Lipinski definition) is 4. The Bertz CT molecular complexity index is 1260. The molecule has 0 radical (unpaired) electrons. The normalized spacial score (nSPS) is 15.8. The first-order valence-electron chi connectivity index (χ1n) is 10.6. The highest BCUT2D eigenvalue weighted by Gasteiger charge is 2.36. The van der Waals surface area contributed by atoms with E-state index in [4.69, 9.17) is 21.4 Å². The number of ether oxygens (including phenoxy) is 1. The topological polar surface area (TPSA) is 47.4 Å². The molecule has 0 aliphatic carbocycles. The molecule has 5 rings (SSSR count). The number of hydrogen-bond donors (Lipinski definition) is 0. The number of nitrogens with zero attached hydrogens (tertiary/aromatic N) is 3. The van der Waals surface area contributed by atoms with Gasteiger partial charge in [-0.15, -0.1) is 11.8 Å². The van der Waals surface area contributed by atoms with E-state index >= 15 is 0 Å². The molecule has 1 aliphatic rings. The van der Waals surface area contributed by atoms with E-state index in [1.54, 1.807) is 18.9 Å². The third kappa shape index (κ3) is 4.49. The smallest absolute Gasteiger partial charge is 0.234 e. The average molecular weight is 476 g/mol. The fourth-order valence-corrected chi connectivity index (χ4v) is 5.24. The molecule has 1 amide bonds. The van der Waals surface area contributed by atoms with Gasteiger partial charge in [0.15, 0.2) is 0 Å². The maximum atomic E-state index is 12.9. The summed E-state index contributed by atoms with van der Waals surface area (Å²) >= 11 is 7.68. The van der Waals surface area contributed by atoms with Crippen molar-refractivity contribution in [3.63, 3.8) is 0 Å². The largest absolute Gasteiger partial charge is 0.497 e. The Kier molecular flexibility index (Phi) is 6.11. The molecule has 1 atom stereocenters. The van der Waals surface area contributed by atoms with Crippen molar-refractivity contribution in [2.75, 3.05) is 12.9 Å². The lowest BCUT2D eigenvalue weighted by molar-refractivity contribution is -0.128. The van der Waals surface area contributed by atoms with Gasteiger partial charge in [0, 0.05) is 28.9 Å². The summed E-state index contributed by atoms with van der Waals surface area (Å²) in [4.78, 5) is 14.8. The maximum Gasteiger partial charge on any atom is 0.234 e. The first-order chi connectivity index (χ1) is 16.1. The first kappa shape index (κ1) is 21.6. The van der Waals surface area contributed by atoms with Crippen LogP contribution in [0.1, 0.15) is 16.5 Å². The van der Waals surface area contributed by atoms with Crippen LogP contribution in [0.3, 0.4) is 0 Å². The minimum Gasteiger partial charge on any atom is -0.497 e. The lowest BCUT2D eigenvalue weighted by Crippen LogP contribution is -2.27. The minimum atomic E-state index is -0.136. The third-order valence-corrected chi connectivity index (χ3v) is 7.12. The number of thioether (sulfide) groups is 1. The molecule has 33 heavy (non-hydrogen) atoms. The summed E-state index contributed by atoms with van der Waals surface area (Å²) in [5.41, 5.74) is 4.86. The number of carbonyl (C=O) groups is 1. The number of para-hydroxylation sites is 1. The zero-order valence-electron chi connectivity index (χ0n) is 18.0. The van der Waals surface area contributed by atoms with Gasteiger partial charge in [0.1, 0.15) is 11.1 Å². The van der Waals surface area contributed by atoms with Crippen molar-refractivity contribution in [3.8, 4) is 22.7 Å². The van der Waals surface area contributed by atoms with E-state index in [2.05, 4.69) is 0 Å². The second-order valence-electron chi connectivity index (χ2n) is 7.75. The third-order valence-electron chi connectivity index (χ3n) is 5.63. The summed E-state index contributed by atoms with van der Waals surface area (Å²) in [6, 6.07) is 25.5. The van der Waals surface area contributed by atoms with Crippen LogP contribution in [-0.4, -0.2) is 33.5 Å². The lowest BCUT2D eigenvalue weighted by Gasteiger charge is -2.24. The molecule has 7 heteroatoms. The van der Waals surface area contributed by atoms with E-state index in [0.29, 0.717) is 17.3 Å². The number of amides is 1. The van der Waals surface area contributed by atoms with Gasteiger partial charge in [-0.25, -0.2) is 4.68 Å². The van der Waals surface area contributed by atoms with Gasteiger partial charge in [0.2, 0.25) is 5.91 Å². The molecule has 1 saturated heterocycles. The van der Waals surface area contributed by atoms with E-state index in [1.165, 1.54) is 0 Å². The monoisotopic (exact) mass is 475 g/mol. The molecule has 2 heterocycles. The van der Waals surface area contributed by atoms with Crippen molar-refractivity contribution >= 4 is 29.3 Å². The summed E-state index contributed by atoms with van der Waals surface area (Å²) in [7, 11) is 1.65. The van der Waals surface area contributed by atoms with Crippen LogP contribution in [0.2, 0.25) is 5.02 Å². The Balaban J connectivity index is 1.56. The van der Waals surface area contributed by atoms with Crippen LogP contribution in [0, 0.1) is 0 Å². The molecule has 0 N–H and O–H groups in total. The molecular weight excluding hydrogens is 454 g/mol. The van der Waals surface area contributed by atoms with Crippen LogP contribution >= 0.6 is 23.4 Å². The summed E-state index contributed by atoms with van der Waals surface area (Å²) in [6.45, 7) is 0.520. The molecule has 3 aromatic carbocycles. The Morgan fingerprint density at radius 2 is 1.76 bits per heavy atom. The van der Waals surface area contributed by atoms with Crippen LogP contribution < -0.4 is 4.74 Å². The highest BCUT2D eigenvalue weighted by Crippen LogP contribution is 2.43. The Labute approximate surface area is 201 Å². The second kappa shape index (κ2) is 9.33. The molecular formula is C26H22ClN3O2S. The van der Waals surface area contributed by atoms with E-state index in [9.17, 15) is 4.79 Å². The fourth-order valence-electron chi connectivity index (χ4n) is 3.92. The zero-order valence-corrected chi connectivity index (χ0v) is 19.6. The first-order valence-corrected chi connectivity index (χ1v) is 12.0. The number of aromatic nitrogens is 2. The standard InChI is InChI=1S/C26H22ClN3O2S/c1-32-22-13-9-19(10-14-22)25-23(16-30(28-25)21-5-3-2-4-6-21)26-29(24(31)17-33-26)15-18-7-11-20(27)12-8-18/h2-14,16,26H,15,17H2,1H3/t26-/m1/s1. The van der Waals surface area contributed by atoms with Crippen LogP contribution in [0.4, 0.5) is 0 Å². The average Bonchev–Trinajstić information content (AvgIpc) is 3.45. The Morgan fingerprint density at radius 1 is 1.03 bits per heavy atom. The predicted octanol–water partition coefficient (Wildman–Crippen LogP) is 5.98. The summed E-state index contributed by atoms with van der Waals surface area (Å²) in [5.74, 6) is 1.35. The van der Waals surface area contributed by atoms with E-state index < -0.39 is 0 Å². The van der Waals surface area contributed by atoms with E-state index in [-0.39, 0.29) is 11.3 Å². The number of rotatable bonds is 6. The SMILES string of the molecule is COc1ccc(-c2nn(-c3ccccc3)cc2[C@H]2SCC(=O)N2Cc2ccc(Cl)cc2)cc1. The van der Waals surface area contributed by atoms with E-state index in [1.807, 2.05) is 94.6 Å². The van der Waals surface area contributed by atoms with Crippen LogP contribution in [0.15, 0.2) is 85.1 Å². The quantitative estimate of drug-likeness (QED) is 0.344. The molecule has 166 valence electrons. The van der Waals surface area contributed by atoms with Gasteiger partial charge < -0.3 is 9.64 Å². The highest BCUT2D eigenvalue weighted by atomic mass is 35.5. The maximum absolute atomic E-state index is 12.9. The Morgan fingerprint density at radius 3 is 2.45 bits per heavy atom. The molecule has 1 aromatic heterocycles. The molecule has 4 aromatic rings. The highest BCUT2D eigenvalue weighted by molar-refractivity contribution is 8.00. The van der Waals surface area contributed by atoms with Gasteiger partial charge in [0.05, 0.1) is 24.2 Å². The lowest BCUT2D eigenvalue weighted by atomic mass is 10.1.